The molecule has 0 saturated heterocycles. The lowest BCUT2D eigenvalue weighted by Crippen LogP contribution is -2.37. The van der Waals surface area contributed by atoms with Crippen LogP contribution in [0.3, 0.4) is 0 Å². The first-order valence-corrected chi connectivity index (χ1v) is 7.65. The molecule has 2 unspecified atom stereocenters. The molecule has 0 radical (unpaired) electrons. The van der Waals surface area contributed by atoms with Gasteiger partial charge in [0.25, 0.3) is 0 Å². The van der Waals surface area contributed by atoms with Crippen molar-refractivity contribution in [1.82, 2.24) is 5.32 Å². The Morgan fingerprint density at radius 3 is 2.56 bits per heavy atom. The van der Waals surface area contributed by atoms with E-state index in [4.69, 9.17) is 0 Å². The second-order valence-corrected chi connectivity index (χ2v) is 7.64. The van der Waals surface area contributed by atoms with Crippen molar-refractivity contribution in [3.8, 4) is 0 Å². The Morgan fingerprint density at radius 1 is 1.33 bits per heavy atom. The van der Waals surface area contributed by atoms with Gasteiger partial charge in [0.15, 0.2) is 0 Å². The summed E-state index contributed by atoms with van der Waals surface area (Å²) in [5, 5.41) is 3.66. The normalized spacial score (nSPS) is 27.4. The molecule has 1 heteroatoms. The monoisotopic (exact) mass is 251 g/mol. The van der Waals surface area contributed by atoms with E-state index in [-0.39, 0.29) is 0 Å². The molecular weight excluding hydrogens is 218 g/mol. The molecule has 0 heterocycles. The van der Waals surface area contributed by atoms with Gasteiger partial charge in [0.05, 0.1) is 0 Å². The first-order chi connectivity index (χ1) is 8.30. The van der Waals surface area contributed by atoms with Crippen LogP contribution in [0.25, 0.3) is 0 Å². The highest BCUT2D eigenvalue weighted by atomic mass is 14.9. The fourth-order valence-corrected chi connectivity index (χ4v) is 3.30. The number of rotatable bonds is 6. The summed E-state index contributed by atoms with van der Waals surface area (Å²) in [4.78, 5) is 0. The summed E-state index contributed by atoms with van der Waals surface area (Å²) in [6.07, 6.45) is 5.36. The van der Waals surface area contributed by atoms with Crippen molar-refractivity contribution in [2.24, 2.45) is 23.2 Å². The minimum absolute atomic E-state index is 0.536. The number of allylic oxidation sites excluding steroid dienone is 1. The van der Waals surface area contributed by atoms with Crippen LogP contribution < -0.4 is 5.32 Å². The van der Waals surface area contributed by atoms with Crippen LogP contribution >= 0.6 is 0 Å². The van der Waals surface area contributed by atoms with Gasteiger partial charge in [-0.05, 0) is 68.9 Å². The van der Waals surface area contributed by atoms with Gasteiger partial charge in [0, 0.05) is 0 Å². The zero-order valence-electron chi connectivity index (χ0n) is 13.2. The van der Waals surface area contributed by atoms with Crippen molar-refractivity contribution in [2.45, 2.75) is 60.3 Å². The van der Waals surface area contributed by atoms with Gasteiger partial charge in [-0.3, -0.25) is 0 Å². The fourth-order valence-electron chi connectivity index (χ4n) is 3.30. The lowest BCUT2D eigenvalue weighted by atomic mass is 9.65. The molecule has 1 rings (SSSR count). The van der Waals surface area contributed by atoms with Gasteiger partial charge in [-0.15, -0.1) is 6.58 Å². The Morgan fingerprint density at radius 2 is 2.00 bits per heavy atom. The fraction of sp³-hybridized carbons (Fsp3) is 0.882. The zero-order valence-corrected chi connectivity index (χ0v) is 13.2. The van der Waals surface area contributed by atoms with Crippen LogP contribution in [0, 0.1) is 23.2 Å². The molecule has 106 valence electrons. The van der Waals surface area contributed by atoms with Crippen molar-refractivity contribution >= 4 is 0 Å². The van der Waals surface area contributed by atoms with Crippen molar-refractivity contribution < 1.29 is 0 Å². The number of hydrogen-bond donors (Lipinski definition) is 1. The Hall–Kier alpha value is -0.300. The molecule has 2 atom stereocenters. The van der Waals surface area contributed by atoms with Gasteiger partial charge in [-0.25, -0.2) is 0 Å². The van der Waals surface area contributed by atoms with Crippen LogP contribution in [0.4, 0.5) is 0 Å². The first kappa shape index (κ1) is 15.8. The molecule has 0 aromatic rings. The van der Waals surface area contributed by atoms with Crippen molar-refractivity contribution in [1.29, 1.82) is 0 Å². The van der Waals surface area contributed by atoms with E-state index in [1.165, 1.54) is 37.8 Å². The minimum Gasteiger partial charge on any atom is -0.316 e. The van der Waals surface area contributed by atoms with Gasteiger partial charge in [-0.2, -0.15) is 0 Å². The van der Waals surface area contributed by atoms with Crippen LogP contribution in [0.1, 0.15) is 60.3 Å². The van der Waals surface area contributed by atoms with Crippen LogP contribution in [-0.4, -0.2) is 13.1 Å². The Bertz CT molecular complexity index is 265. The first-order valence-electron chi connectivity index (χ1n) is 7.65. The summed E-state index contributed by atoms with van der Waals surface area (Å²) >= 11 is 0. The molecular formula is C17H33N. The molecule has 0 spiro atoms. The molecule has 1 N–H and O–H groups in total. The molecule has 1 aliphatic rings. The van der Waals surface area contributed by atoms with Gasteiger partial charge >= 0.3 is 0 Å². The third kappa shape index (κ3) is 5.56. The molecule has 0 bridgehead atoms. The molecule has 0 amide bonds. The van der Waals surface area contributed by atoms with Crippen molar-refractivity contribution in [3.63, 3.8) is 0 Å². The van der Waals surface area contributed by atoms with Crippen LogP contribution in [0.2, 0.25) is 0 Å². The van der Waals surface area contributed by atoms with Crippen LogP contribution in [-0.2, 0) is 0 Å². The SMILES string of the molecule is C=C(C)CC1CC(C)(C)CCC1CNCC(C)C. The Labute approximate surface area is 114 Å². The number of nitrogens with one attached hydrogen (secondary N) is 1. The maximum atomic E-state index is 4.12. The second kappa shape index (κ2) is 6.75. The second-order valence-electron chi connectivity index (χ2n) is 7.64. The third-order valence-electron chi connectivity index (χ3n) is 4.24. The van der Waals surface area contributed by atoms with Crippen molar-refractivity contribution in [3.05, 3.63) is 12.2 Å². The van der Waals surface area contributed by atoms with Crippen LogP contribution in [0.5, 0.6) is 0 Å². The van der Waals surface area contributed by atoms with Crippen molar-refractivity contribution in [2.75, 3.05) is 13.1 Å². The van der Waals surface area contributed by atoms with E-state index >= 15 is 0 Å². The van der Waals surface area contributed by atoms with E-state index in [9.17, 15) is 0 Å². The van der Waals surface area contributed by atoms with E-state index in [0.29, 0.717) is 5.41 Å². The lowest BCUT2D eigenvalue weighted by Gasteiger charge is -2.41. The topological polar surface area (TPSA) is 12.0 Å². The van der Waals surface area contributed by atoms with Gasteiger partial charge in [0.2, 0.25) is 0 Å². The molecule has 1 saturated carbocycles. The molecule has 1 fully saturated rings. The smallest absolute Gasteiger partial charge is 0.00176 e. The third-order valence-corrected chi connectivity index (χ3v) is 4.24. The maximum absolute atomic E-state index is 4.12. The minimum atomic E-state index is 0.536. The Balaban J connectivity index is 2.50. The molecule has 0 aromatic carbocycles. The molecule has 0 aromatic heterocycles. The highest BCUT2D eigenvalue weighted by molar-refractivity contribution is 4.96. The van der Waals surface area contributed by atoms with E-state index in [2.05, 4.69) is 46.5 Å². The quantitative estimate of drug-likeness (QED) is 0.678. The van der Waals surface area contributed by atoms with E-state index in [1.54, 1.807) is 0 Å². The summed E-state index contributed by atoms with van der Waals surface area (Å²) in [7, 11) is 0. The van der Waals surface area contributed by atoms with Crippen LogP contribution in [0.15, 0.2) is 12.2 Å². The van der Waals surface area contributed by atoms with Gasteiger partial charge < -0.3 is 5.32 Å². The average molecular weight is 251 g/mol. The molecule has 1 aliphatic carbocycles. The van der Waals surface area contributed by atoms with Gasteiger partial charge in [-0.1, -0.05) is 33.3 Å². The average Bonchev–Trinajstić information content (AvgIpc) is 2.19. The van der Waals surface area contributed by atoms with E-state index < -0.39 is 0 Å². The van der Waals surface area contributed by atoms with Gasteiger partial charge in [0.1, 0.15) is 0 Å². The number of hydrogen-bond acceptors (Lipinski definition) is 1. The molecule has 0 aliphatic heterocycles. The van der Waals surface area contributed by atoms with E-state index in [1.807, 2.05) is 0 Å². The zero-order chi connectivity index (χ0) is 13.8. The van der Waals surface area contributed by atoms with E-state index in [0.717, 1.165) is 24.3 Å². The summed E-state index contributed by atoms with van der Waals surface area (Å²) in [5.41, 5.74) is 1.89. The lowest BCUT2D eigenvalue weighted by molar-refractivity contribution is 0.115. The standard InChI is InChI=1S/C17H33N/c1-13(2)9-16-10-17(5,6)8-7-15(16)12-18-11-14(3)4/h14-16,18H,1,7-12H2,2-6H3. The summed E-state index contributed by atoms with van der Waals surface area (Å²) in [6.45, 7) is 18.1. The largest absolute Gasteiger partial charge is 0.316 e. The predicted molar refractivity (Wildman–Crippen MR) is 81.8 cm³/mol. The predicted octanol–water partition coefficient (Wildman–Crippen LogP) is 4.64. The highest BCUT2D eigenvalue weighted by Gasteiger charge is 2.34. The molecule has 1 nitrogen and oxygen atoms in total. The Kier molecular flexibility index (Phi) is 5.91. The highest BCUT2D eigenvalue weighted by Crippen LogP contribution is 2.43. The maximum Gasteiger partial charge on any atom is -0.00176 e. The summed E-state index contributed by atoms with van der Waals surface area (Å²) in [6, 6.07) is 0. The summed E-state index contributed by atoms with van der Waals surface area (Å²) < 4.78 is 0. The molecule has 18 heavy (non-hydrogen) atoms. The summed E-state index contributed by atoms with van der Waals surface area (Å²) in [5.74, 6) is 2.45.